The van der Waals surface area contributed by atoms with Gasteiger partial charge in [-0.25, -0.2) is 0 Å². The molecule has 2 aliphatic heterocycles. The number of fused-ring (bicyclic) bond motifs is 15. The maximum absolute atomic E-state index is 6.98. The number of nitrogens with zero attached hydrogens (tertiary/aromatic N) is 4. The molecule has 0 atom stereocenters. The fraction of sp³-hybridized carbons (Fsp3) is 0.0476. The van der Waals surface area contributed by atoms with E-state index in [0.29, 0.717) is 0 Å². The lowest BCUT2D eigenvalue weighted by molar-refractivity contribution is 0.487. The first-order chi connectivity index (χ1) is 66.2. The van der Waals surface area contributed by atoms with Crippen LogP contribution in [0.4, 0.5) is 68.2 Å². The maximum Gasteiger partial charge on any atom is 0.159 e. The molecule has 1 aromatic heterocycles. The monoisotopic (exact) mass is 1770 g/mol. The average molecular weight is 1770 g/mol. The number of rotatable bonds is 17. The van der Waals surface area contributed by atoms with Crippen LogP contribution in [0.25, 0.3) is 142 Å². The molecule has 0 amide bonds. The zero-order valence-electron chi connectivity index (χ0n) is 75.9. The molecule has 0 saturated heterocycles. The number of hydrogen-bond acceptors (Lipinski definition) is 7. The molecule has 2 aliphatic rings. The number of hydrogen-bond donors (Lipinski definition) is 0. The molecule has 0 N–H and O–H groups in total. The maximum atomic E-state index is 6.98. The van der Waals surface area contributed by atoms with Gasteiger partial charge in [0.2, 0.25) is 0 Å². The third-order valence-electron chi connectivity index (χ3n) is 27.2. The van der Waals surface area contributed by atoms with E-state index in [4.69, 9.17) is 13.9 Å². The van der Waals surface area contributed by atoms with Crippen molar-refractivity contribution in [2.45, 2.75) is 39.3 Å². The van der Waals surface area contributed by atoms with Crippen LogP contribution in [0.3, 0.4) is 0 Å². The molecule has 25 rings (SSSR count). The van der Waals surface area contributed by atoms with Crippen LogP contribution in [0.2, 0.25) is 39.3 Å². The minimum Gasteiger partial charge on any atom is -0.456 e. The van der Waals surface area contributed by atoms with Gasteiger partial charge in [-0.3, -0.25) is 0 Å². The standard InChI is InChI=1S/C63H46N2O2Si.C63H48N2OSi/c1-68(2,3)47-35-32-45(33-36-47)64(42-16-6-4-7-17-42)44-30-28-41(29-31-44)54-39-56-52-23-15-27-60-62(52)57(40-55(56)49-21-11-10-20-48(49)54)51-37-34-46(38-61(51)66-60)65(43-18-8-5-9-19-43)58-25-14-24-53-50-22-12-13-26-59(50)67-63(53)58;1-67(2,3)50-37-34-48(35-38-50)64(45-20-9-5-10-21-45)47-32-30-44(31-33-47)56-41-58-55-27-17-29-61-63(55)59(42-57(58)53-26-14-13-25-52(53)56)54-39-36-49(40-62(54)66-61)65(46-22-11-6-12-23-46)60-28-16-15-24-51(60)43-18-7-4-8-19-43/h4-40H,1-3H3;4-42H,1-3H3. The lowest BCUT2D eigenvalue weighted by Gasteiger charge is -2.30. The lowest BCUT2D eigenvalue weighted by atomic mass is 9.86. The molecule has 7 nitrogen and oxygen atoms in total. The predicted molar refractivity (Wildman–Crippen MR) is 577 cm³/mol. The Labute approximate surface area is 788 Å². The molecule has 0 saturated carbocycles. The Kier molecular flexibility index (Phi) is 20.2. The Morgan fingerprint density at radius 3 is 0.933 bits per heavy atom. The highest BCUT2D eigenvalue weighted by molar-refractivity contribution is 6.89. The molecule has 0 radical (unpaired) electrons. The molecule has 3 heterocycles. The Morgan fingerprint density at radius 1 is 0.178 bits per heavy atom. The van der Waals surface area contributed by atoms with Crippen molar-refractivity contribution >= 4 is 181 Å². The van der Waals surface area contributed by atoms with Crippen molar-refractivity contribution in [1.29, 1.82) is 0 Å². The number of ether oxygens (including phenoxy) is 2. The van der Waals surface area contributed by atoms with Crippen LogP contribution in [0.1, 0.15) is 0 Å². The summed E-state index contributed by atoms with van der Waals surface area (Å²) in [6.45, 7) is 14.4. The quantitative estimate of drug-likeness (QED) is 0.0665. The van der Waals surface area contributed by atoms with Crippen LogP contribution in [0.5, 0.6) is 23.0 Å². The van der Waals surface area contributed by atoms with Gasteiger partial charge >= 0.3 is 0 Å². The van der Waals surface area contributed by atoms with E-state index in [1.165, 1.54) is 103 Å². The van der Waals surface area contributed by atoms with E-state index < -0.39 is 16.1 Å². The van der Waals surface area contributed by atoms with Crippen LogP contribution >= 0.6 is 0 Å². The minimum absolute atomic E-state index is 0.817. The zero-order valence-corrected chi connectivity index (χ0v) is 77.9. The molecule has 0 bridgehead atoms. The number of anilines is 12. The number of benzene rings is 22. The molecular formula is C126H94N4O3Si2. The van der Waals surface area contributed by atoms with Crippen molar-refractivity contribution in [2.75, 3.05) is 19.6 Å². The second-order valence-corrected chi connectivity index (χ2v) is 47.6. The molecule has 23 aromatic rings. The van der Waals surface area contributed by atoms with Gasteiger partial charge in [-0.1, -0.05) is 323 Å². The summed E-state index contributed by atoms with van der Waals surface area (Å²) in [6, 6.07) is 167. The van der Waals surface area contributed by atoms with Crippen molar-refractivity contribution in [1.82, 2.24) is 0 Å². The van der Waals surface area contributed by atoms with Crippen molar-refractivity contribution in [2.24, 2.45) is 0 Å². The van der Waals surface area contributed by atoms with Crippen molar-refractivity contribution in [3.05, 3.63) is 461 Å². The summed E-state index contributed by atoms with van der Waals surface area (Å²) >= 11 is 0. The molecule has 644 valence electrons. The van der Waals surface area contributed by atoms with E-state index in [0.717, 1.165) is 141 Å². The van der Waals surface area contributed by atoms with Gasteiger partial charge in [0, 0.05) is 102 Å². The second-order valence-electron chi connectivity index (χ2n) is 37.4. The summed E-state index contributed by atoms with van der Waals surface area (Å²) in [7, 11) is -2.88. The molecule has 9 heteroatoms. The van der Waals surface area contributed by atoms with E-state index in [-0.39, 0.29) is 0 Å². The molecule has 22 aromatic carbocycles. The van der Waals surface area contributed by atoms with E-state index in [2.05, 4.69) is 508 Å². The van der Waals surface area contributed by atoms with Crippen LogP contribution in [0.15, 0.2) is 465 Å². The number of furan rings is 1. The van der Waals surface area contributed by atoms with E-state index in [1.807, 2.05) is 12.1 Å². The Morgan fingerprint density at radius 2 is 0.489 bits per heavy atom. The average Bonchev–Trinajstić information content (AvgIpc) is 0.893. The predicted octanol–water partition coefficient (Wildman–Crippen LogP) is 35.7. The van der Waals surface area contributed by atoms with Gasteiger partial charge in [0.1, 0.15) is 28.6 Å². The smallest absolute Gasteiger partial charge is 0.159 e. The van der Waals surface area contributed by atoms with Gasteiger partial charge in [0.15, 0.2) is 5.58 Å². The lowest BCUT2D eigenvalue weighted by Crippen LogP contribution is -2.37. The molecule has 0 aliphatic carbocycles. The Balaban J connectivity index is 0.000000148. The van der Waals surface area contributed by atoms with Crippen molar-refractivity contribution in [3.63, 3.8) is 0 Å². The Bertz CT molecular complexity index is 8540. The minimum atomic E-state index is -1.44. The largest absolute Gasteiger partial charge is 0.456 e. The highest BCUT2D eigenvalue weighted by Crippen LogP contribution is 2.57. The van der Waals surface area contributed by atoms with E-state index in [1.54, 1.807) is 0 Å². The van der Waals surface area contributed by atoms with Gasteiger partial charge in [0.25, 0.3) is 0 Å². The van der Waals surface area contributed by atoms with Gasteiger partial charge in [-0.05, 0) is 269 Å². The first kappa shape index (κ1) is 81.6. The summed E-state index contributed by atoms with van der Waals surface area (Å²) in [5.41, 5.74) is 26.3. The fourth-order valence-electron chi connectivity index (χ4n) is 20.6. The van der Waals surface area contributed by atoms with Gasteiger partial charge in [0.05, 0.1) is 33.2 Å². The SMILES string of the molecule is C[Si](C)(C)c1ccc(N(c2ccccc2)c2ccc(-c3cc4c5cccc6c5c(cc4c4ccccc34)-c3ccc(N(c4ccccc4)c4cccc5c4oc4ccccc45)cc3O6)cc2)cc1.C[Si](C)(C)c1ccc(N(c2ccccc2)c2ccc(-c3cc4c5cccc6c5c(cc4c4ccccc34)-c3ccc(N(c4ccccc4)c4ccccc4-c4ccccc4)cc3O6)cc2)cc1. The van der Waals surface area contributed by atoms with Crippen molar-refractivity contribution in [3.8, 4) is 78.6 Å². The normalized spacial score (nSPS) is 12.0. The highest BCUT2D eigenvalue weighted by Gasteiger charge is 2.31. The Hall–Kier alpha value is -16.6. The zero-order chi connectivity index (χ0) is 90.6. The van der Waals surface area contributed by atoms with Gasteiger partial charge < -0.3 is 33.5 Å². The molecule has 0 unspecified atom stereocenters. The van der Waals surface area contributed by atoms with Crippen molar-refractivity contribution < 1.29 is 13.9 Å². The fourth-order valence-corrected chi connectivity index (χ4v) is 22.9. The molecule has 0 spiro atoms. The molecule has 135 heavy (non-hydrogen) atoms. The number of para-hydroxylation sites is 7. The van der Waals surface area contributed by atoms with Crippen LogP contribution in [-0.2, 0) is 0 Å². The molecule has 0 fully saturated rings. The summed E-state index contributed by atoms with van der Waals surface area (Å²) < 4.78 is 20.6. The third-order valence-corrected chi connectivity index (χ3v) is 31.3. The van der Waals surface area contributed by atoms with E-state index in [9.17, 15) is 0 Å². The van der Waals surface area contributed by atoms with E-state index >= 15 is 0 Å². The van der Waals surface area contributed by atoms with Gasteiger partial charge in [-0.15, -0.1) is 0 Å². The molecular weight excluding hydrogens is 1670 g/mol. The van der Waals surface area contributed by atoms with Gasteiger partial charge in [-0.2, -0.15) is 0 Å². The van der Waals surface area contributed by atoms with Crippen LogP contribution in [0, 0.1) is 0 Å². The highest BCUT2D eigenvalue weighted by atomic mass is 28.3. The first-order valence-electron chi connectivity index (χ1n) is 46.6. The topological polar surface area (TPSA) is 44.6 Å². The summed E-state index contributed by atoms with van der Waals surface area (Å²) in [5.74, 6) is 3.38. The second kappa shape index (κ2) is 33.4. The summed E-state index contributed by atoms with van der Waals surface area (Å²) in [6.07, 6.45) is 0. The van der Waals surface area contributed by atoms with Crippen LogP contribution in [-0.4, -0.2) is 16.1 Å². The first-order valence-corrected chi connectivity index (χ1v) is 53.6. The van der Waals surface area contributed by atoms with Crippen LogP contribution < -0.4 is 39.4 Å². The summed E-state index contributed by atoms with van der Waals surface area (Å²) in [4.78, 5) is 9.33. The summed E-state index contributed by atoms with van der Waals surface area (Å²) in [5, 5.41) is 19.5. The third kappa shape index (κ3) is 14.6.